The lowest BCUT2D eigenvalue weighted by Gasteiger charge is -2.10. The summed E-state index contributed by atoms with van der Waals surface area (Å²) < 4.78 is 3.94. The van der Waals surface area contributed by atoms with Gasteiger partial charge in [-0.3, -0.25) is 4.57 Å². The van der Waals surface area contributed by atoms with Gasteiger partial charge in [0, 0.05) is 4.47 Å². The van der Waals surface area contributed by atoms with Gasteiger partial charge >= 0.3 is 0 Å². The van der Waals surface area contributed by atoms with Crippen molar-refractivity contribution in [2.45, 2.75) is 13.3 Å². The Morgan fingerprint density at radius 1 is 1.21 bits per heavy atom. The predicted molar refractivity (Wildman–Crippen MR) is 85.5 cm³/mol. The van der Waals surface area contributed by atoms with Crippen molar-refractivity contribution in [3.05, 3.63) is 57.3 Å². The first-order valence-electron chi connectivity index (χ1n) is 6.19. The Balaban J connectivity index is 2.36. The van der Waals surface area contributed by atoms with E-state index in [1.807, 2.05) is 18.2 Å². The first kappa shape index (κ1) is 12.6. The van der Waals surface area contributed by atoms with Crippen LogP contribution in [0.1, 0.15) is 12.5 Å². The molecule has 96 valence electrons. The molecule has 3 rings (SSSR count). The standard InChI is InChI=1S/C15H13BrN2S/c1-2-10-9-11(16)7-8-13(10)18-14-6-4-3-5-12(14)17-15(18)19/h3-9H,2H2,1H3,(H,17,19). The Bertz CT molecular complexity index is 801. The quantitative estimate of drug-likeness (QED) is 0.654. The van der Waals surface area contributed by atoms with Gasteiger partial charge in [0.2, 0.25) is 0 Å². The number of halogens is 1. The average Bonchev–Trinajstić information content (AvgIpc) is 2.74. The van der Waals surface area contributed by atoms with Crippen molar-refractivity contribution >= 4 is 39.2 Å². The monoisotopic (exact) mass is 332 g/mol. The minimum absolute atomic E-state index is 0.734. The second kappa shape index (κ2) is 4.94. The van der Waals surface area contributed by atoms with Crippen LogP contribution < -0.4 is 0 Å². The first-order valence-corrected chi connectivity index (χ1v) is 7.39. The number of aryl methyl sites for hydroxylation is 1. The van der Waals surface area contributed by atoms with E-state index in [4.69, 9.17) is 12.2 Å². The molecule has 0 unspecified atom stereocenters. The topological polar surface area (TPSA) is 20.7 Å². The van der Waals surface area contributed by atoms with Crippen LogP contribution in [-0.4, -0.2) is 9.55 Å². The maximum absolute atomic E-state index is 5.47. The number of aromatic amines is 1. The molecule has 3 aromatic rings. The summed E-state index contributed by atoms with van der Waals surface area (Å²) in [6, 6.07) is 14.5. The van der Waals surface area contributed by atoms with Crippen LogP contribution >= 0.6 is 28.1 Å². The van der Waals surface area contributed by atoms with Crippen LogP contribution in [0.4, 0.5) is 0 Å². The van der Waals surface area contributed by atoms with Crippen LogP contribution in [0.2, 0.25) is 0 Å². The zero-order chi connectivity index (χ0) is 13.4. The molecule has 1 aromatic heterocycles. The van der Waals surface area contributed by atoms with Crippen molar-refractivity contribution in [3.8, 4) is 5.69 Å². The van der Waals surface area contributed by atoms with Crippen molar-refractivity contribution in [2.75, 3.05) is 0 Å². The SMILES string of the molecule is CCc1cc(Br)ccc1-n1c(=S)[nH]c2ccccc21. The summed E-state index contributed by atoms with van der Waals surface area (Å²) in [5.74, 6) is 0. The molecule has 0 aliphatic heterocycles. The second-order valence-electron chi connectivity index (χ2n) is 4.41. The summed E-state index contributed by atoms with van der Waals surface area (Å²) in [6.45, 7) is 2.16. The molecule has 4 heteroatoms. The lowest BCUT2D eigenvalue weighted by atomic mass is 10.1. The smallest absolute Gasteiger partial charge is 0.182 e. The van der Waals surface area contributed by atoms with Gasteiger partial charge in [-0.25, -0.2) is 0 Å². The largest absolute Gasteiger partial charge is 0.330 e. The van der Waals surface area contributed by atoms with E-state index in [0.717, 1.165) is 32.4 Å². The molecular weight excluding hydrogens is 320 g/mol. The lowest BCUT2D eigenvalue weighted by molar-refractivity contribution is 1.01. The van der Waals surface area contributed by atoms with Gasteiger partial charge in [0.25, 0.3) is 0 Å². The minimum atomic E-state index is 0.734. The molecule has 2 nitrogen and oxygen atoms in total. The van der Waals surface area contributed by atoms with E-state index in [9.17, 15) is 0 Å². The Labute approximate surface area is 125 Å². The second-order valence-corrected chi connectivity index (χ2v) is 5.71. The Morgan fingerprint density at radius 2 is 2.00 bits per heavy atom. The number of nitrogens with one attached hydrogen (secondary N) is 1. The van der Waals surface area contributed by atoms with Crippen LogP contribution in [0.25, 0.3) is 16.7 Å². The van der Waals surface area contributed by atoms with Gasteiger partial charge in [-0.2, -0.15) is 0 Å². The molecule has 1 N–H and O–H groups in total. The highest BCUT2D eigenvalue weighted by Gasteiger charge is 2.09. The Morgan fingerprint density at radius 3 is 2.79 bits per heavy atom. The van der Waals surface area contributed by atoms with Gasteiger partial charge in [0.05, 0.1) is 16.7 Å². The van der Waals surface area contributed by atoms with Crippen molar-refractivity contribution in [1.82, 2.24) is 9.55 Å². The molecule has 0 spiro atoms. The fourth-order valence-corrected chi connectivity index (χ4v) is 3.06. The third-order valence-corrected chi connectivity index (χ3v) is 4.03. The number of hydrogen-bond acceptors (Lipinski definition) is 1. The molecule has 0 aliphatic carbocycles. The zero-order valence-corrected chi connectivity index (χ0v) is 12.9. The Kier molecular flexibility index (Phi) is 3.29. The lowest BCUT2D eigenvalue weighted by Crippen LogP contribution is -1.99. The van der Waals surface area contributed by atoms with Gasteiger partial charge < -0.3 is 4.98 Å². The highest BCUT2D eigenvalue weighted by atomic mass is 79.9. The number of nitrogens with zero attached hydrogens (tertiary/aromatic N) is 1. The van der Waals surface area contributed by atoms with Crippen LogP contribution in [0.15, 0.2) is 46.9 Å². The van der Waals surface area contributed by atoms with E-state index >= 15 is 0 Å². The van der Waals surface area contributed by atoms with E-state index in [1.54, 1.807) is 0 Å². The average molecular weight is 333 g/mol. The molecule has 0 radical (unpaired) electrons. The number of fused-ring (bicyclic) bond motifs is 1. The predicted octanol–water partition coefficient (Wildman–Crippen LogP) is 5.01. The molecule has 19 heavy (non-hydrogen) atoms. The summed E-state index contributed by atoms with van der Waals surface area (Å²) in [5, 5.41) is 0. The zero-order valence-electron chi connectivity index (χ0n) is 10.5. The van der Waals surface area contributed by atoms with Crippen LogP contribution in [0, 0.1) is 4.77 Å². The van der Waals surface area contributed by atoms with Crippen molar-refractivity contribution in [1.29, 1.82) is 0 Å². The normalized spacial score (nSPS) is 11.1. The van der Waals surface area contributed by atoms with Gasteiger partial charge in [-0.1, -0.05) is 35.0 Å². The third kappa shape index (κ3) is 2.15. The molecule has 0 saturated carbocycles. The molecule has 0 aliphatic rings. The fraction of sp³-hybridized carbons (Fsp3) is 0.133. The van der Waals surface area contributed by atoms with Crippen LogP contribution in [0.5, 0.6) is 0 Å². The van der Waals surface area contributed by atoms with E-state index in [2.05, 4.69) is 56.7 Å². The summed E-state index contributed by atoms with van der Waals surface area (Å²) in [5.41, 5.74) is 4.60. The summed E-state index contributed by atoms with van der Waals surface area (Å²) >= 11 is 9.00. The van der Waals surface area contributed by atoms with Crippen molar-refractivity contribution < 1.29 is 0 Å². The maximum Gasteiger partial charge on any atom is 0.182 e. The van der Waals surface area contributed by atoms with Gasteiger partial charge in [-0.05, 0) is 54.5 Å². The molecule has 2 aromatic carbocycles. The molecule has 0 amide bonds. The number of H-pyrrole nitrogens is 1. The number of hydrogen-bond donors (Lipinski definition) is 1. The van der Waals surface area contributed by atoms with E-state index in [1.165, 1.54) is 5.56 Å². The van der Waals surface area contributed by atoms with Crippen molar-refractivity contribution in [2.24, 2.45) is 0 Å². The summed E-state index contributed by atoms with van der Waals surface area (Å²) in [6.07, 6.45) is 0.968. The van der Waals surface area contributed by atoms with Gasteiger partial charge in [-0.15, -0.1) is 0 Å². The van der Waals surface area contributed by atoms with Gasteiger partial charge in [0.1, 0.15) is 0 Å². The third-order valence-electron chi connectivity index (χ3n) is 3.25. The number of para-hydroxylation sites is 2. The van der Waals surface area contributed by atoms with Crippen molar-refractivity contribution in [3.63, 3.8) is 0 Å². The Hall–Kier alpha value is -1.39. The minimum Gasteiger partial charge on any atom is -0.330 e. The molecule has 0 bridgehead atoms. The molecule has 0 fully saturated rings. The number of benzene rings is 2. The molecule has 0 atom stereocenters. The molecule has 1 heterocycles. The number of aromatic nitrogens is 2. The molecule has 0 saturated heterocycles. The summed E-state index contributed by atoms with van der Waals surface area (Å²) in [4.78, 5) is 3.26. The van der Waals surface area contributed by atoms with Crippen LogP contribution in [-0.2, 0) is 6.42 Å². The van der Waals surface area contributed by atoms with Crippen LogP contribution in [0.3, 0.4) is 0 Å². The van der Waals surface area contributed by atoms with E-state index in [-0.39, 0.29) is 0 Å². The van der Waals surface area contributed by atoms with E-state index in [0.29, 0.717) is 0 Å². The van der Waals surface area contributed by atoms with Gasteiger partial charge in [0.15, 0.2) is 4.77 Å². The molecular formula is C15H13BrN2S. The summed E-state index contributed by atoms with van der Waals surface area (Å²) in [7, 11) is 0. The first-order chi connectivity index (χ1) is 9.20. The maximum atomic E-state index is 5.47. The van der Waals surface area contributed by atoms with E-state index < -0.39 is 0 Å². The number of imidazole rings is 1. The number of rotatable bonds is 2. The highest BCUT2D eigenvalue weighted by molar-refractivity contribution is 9.10. The highest BCUT2D eigenvalue weighted by Crippen LogP contribution is 2.25. The fourth-order valence-electron chi connectivity index (χ4n) is 2.35.